The maximum absolute atomic E-state index is 5.47. The van der Waals surface area contributed by atoms with Crippen molar-refractivity contribution in [3.8, 4) is 0 Å². The van der Waals surface area contributed by atoms with E-state index in [4.69, 9.17) is 4.74 Å². The Morgan fingerprint density at radius 2 is 1.62 bits per heavy atom. The first-order valence-electron chi connectivity index (χ1n) is 11.8. The van der Waals surface area contributed by atoms with E-state index in [0.29, 0.717) is 23.4 Å². The standard InChI is InChI=1S/C26H42N2O/c1-25(2)15-22(16-26(3,4)19-25)23-14-21(18-29-5)8-9-24(23)28-12-10-27(11-13-28)17-20-6-7-20/h8-9,14,20,22H,6-7,10-13,15-19H2,1-5H3. The van der Waals surface area contributed by atoms with Crippen LogP contribution in [0.5, 0.6) is 0 Å². The topological polar surface area (TPSA) is 15.7 Å². The molecule has 1 saturated heterocycles. The first kappa shape index (κ1) is 21.2. The molecule has 3 nitrogen and oxygen atoms in total. The normalized spacial score (nSPS) is 25.3. The van der Waals surface area contributed by atoms with Gasteiger partial charge >= 0.3 is 0 Å². The highest BCUT2D eigenvalue weighted by molar-refractivity contribution is 5.57. The molecule has 2 aliphatic carbocycles. The molecule has 0 N–H and O–H groups in total. The van der Waals surface area contributed by atoms with Crippen LogP contribution >= 0.6 is 0 Å². The van der Waals surface area contributed by atoms with Gasteiger partial charge in [-0.2, -0.15) is 0 Å². The van der Waals surface area contributed by atoms with Crippen molar-refractivity contribution < 1.29 is 4.74 Å². The fraction of sp³-hybridized carbons (Fsp3) is 0.769. The third-order valence-corrected chi connectivity index (χ3v) is 7.32. The van der Waals surface area contributed by atoms with E-state index < -0.39 is 0 Å². The molecule has 1 aliphatic heterocycles. The van der Waals surface area contributed by atoms with E-state index in [-0.39, 0.29) is 0 Å². The molecule has 0 amide bonds. The molecule has 1 aromatic rings. The molecule has 3 fully saturated rings. The van der Waals surface area contributed by atoms with E-state index in [1.807, 2.05) is 0 Å². The van der Waals surface area contributed by atoms with Crippen molar-refractivity contribution in [1.82, 2.24) is 4.90 Å². The first-order chi connectivity index (χ1) is 13.7. The number of hydrogen-bond acceptors (Lipinski definition) is 3. The van der Waals surface area contributed by atoms with Gasteiger partial charge < -0.3 is 9.64 Å². The minimum Gasteiger partial charge on any atom is -0.380 e. The Hall–Kier alpha value is -1.06. The summed E-state index contributed by atoms with van der Waals surface area (Å²) < 4.78 is 5.47. The SMILES string of the molecule is COCc1ccc(N2CCN(CC3CC3)CC2)c(C2CC(C)(C)CC(C)(C)C2)c1. The fourth-order valence-corrected chi connectivity index (χ4v) is 6.38. The van der Waals surface area contributed by atoms with Crippen molar-refractivity contribution in [1.29, 1.82) is 0 Å². The smallest absolute Gasteiger partial charge is 0.0713 e. The summed E-state index contributed by atoms with van der Waals surface area (Å²) in [7, 11) is 1.81. The maximum Gasteiger partial charge on any atom is 0.0713 e. The maximum atomic E-state index is 5.47. The quantitative estimate of drug-likeness (QED) is 0.613. The predicted octanol–water partition coefficient (Wildman–Crippen LogP) is 5.68. The molecule has 1 aromatic carbocycles. The average Bonchev–Trinajstić information content (AvgIpc) is 3.44. The van der Waals surface area contributed by atoms with Crippen molar-refractivity contribution >= 4 is 5.69 Å². The monoisotopic (exact) mass is 398 g/mol. The Morgan fingerprint density at radius 3 is 2.21 bits per heavy atom. The molecule has 29 heavy (non-hydrogen) atoms. The van der Waals surface area contributed by atoms with Gasteiger partial charge in [-0.1, -0.05) is 39.8 Å². The first-order valence-corrected chi connectivity index (χ1v) is 11.8. The van der Waals surface area contributed by atoms with Gasteiger partial charge in [-0.05, 0) is 72.0 Å². The van der Waals surface area contributed by atoms with Gasteiger partial charge in [0, 0.05) is 45.5 Å². The van der Waals surface area contributed by atoms with Gasteiger partial charge in [-0.3, -0.25) is 4.90 Å². The largest absolute Gasteiger partial charge is 0.380 e. The van der Waals surface area contributed by atoms with Crippen LogP contribution < -0.4 is 4.90 Å². The molecule has 0 spiro atoms. The summed E-state index contributed by atoms with van der Waals surface area (Å²) in [5.74, 6) is 1.64. The van der Waals surface area contributed by atoms with E-state index in [1.165, 1.54) is 76.1 Å². The second-order valence-corrected chi connectivity index (χ2v) is 11.7. The van der Waals surface area contributed by atoms with Crippen molar-refractivity contribution in [3.63, 3.8) is 0 Å². The zero-order chi connectivity index (χ0) is 20.6. The summed E-state index contributed by atoms with van der Waals surface area (Å²) in [6.07, 6.45) is 6.82. The third-order valence-electron chi connectivity index (χ3n) is 7.32. The zero-order valence-electron chi connectivity index (χ0n) is 19.5. The van der Waals surface area contributed by atoms with Gasteiger partial charge in [0.15, 0.2) is 0 Å². The summed E-state index contributed by atoms with van der Waals surface area (Å²) in [5, 5.41) is 0. The van der Waals surface area contributed by atoms with E-state index in [9.17, 15) is 0 Å². The van der Waals surface area contributed by atoms with E-state index in [1.54, 1.807) is 12.7 Å². The number of benzene rings is 1. The summed E-state index contributed by atoms with van der Waals surface area (Å²) in [6.45, 7) is 16.7. The number of ether oxygens (including phenoxy) is 1. The molecule has 0 atom stereocenters. The number of nitrogens with zero attached hydrogens (tertiary/aromatic N) is 2. The molecule has 3 aliphatic rings. The molecule has 4 rings (SSSR count). The van der Waals surface area contributed by atoms with Crippen molar-refractivity contribution in [3.05, 3.63) is 29.3 Å². The number of hydrogen-bond donors (Lipinski definition) is 0. The number of methoxy groups -OCH3 is 1. The van der Waals surface area contributed by atoms with Crippen LogP contribution in [0.3, 0.4) is 0 Å². The second kappa shape index (κ2) is 8.23. The Balaban J connectivity index is 1.57. The van der Waals surface area contributed by atoms with E-state index in [0.717, 1.165) is 5.92 Å². The van der Waals surface area contributed by atoms with Crippen molar-refractivity contribution in [2.45, 2.75) is 72.3 Å². The average molecular weight is 399 g/mol. The predicted molar refractivity (Wildman–Crippen MR) is 123 cm³/mol. The summed E-state index contributed by atoms with van der Waals surface area (Å²) in [6, 6.07) is 7.16. The van der Waals surface area contributed by atoms with Crippen LogP contribution in [-0.2, 0) is 11.3 Å². The minimum absolute atomic E-state index is 0.407. The zero-order valence-corrected chi connectivity index (χ0v) is 19.5. The number of anilines is 1. The van der Waals surface area contributed by atoms with Crippen LogP contribution in [0.25, 0.3) is 0 Å². The Bertz CT molecular complexity index is 683. The molecule has 3 heteroatoms. The second-order valence-electron chi connectivity index (χ2n) is 11.7. The molecule has 1 heterocycles. The fourth-order valence-electron chi connectivity index (χ4n) is 6.38. The van der Waals surface area contributed by atoms with Crippen molar-refractivity contribution in [2.75, 3.05) is 44.7 Å². The summed E-state index contributed by atoms with van der Waals surface area (Å²) >= 11 is 0. The molecule has 0 radical (unpaired) electrons. The van der Waals surface area contributed by atoms with Crippen LogP contribution in [-0.4, -0.2) is 44.7 Å². The van der Waals surface area contributed by atoms with Crippen LogP contribution in [0.4, 0.5) is 5.69 Å². The molecule has 2 saturated carbocycles. The highest BCUT2D eigenvalue weighted by Gasteiger charge is 2.40. The van der Waals surface area contributed by atoms with E-state index in [2.05, 4.69) is 55.7 Å². The van der Waals surface area contributed by atoms with Crippen molar-refractivity contribution in [2.24, 2.45) is 16.7 Å². The lowest BCUT2D eigenvalue weighted by Crippen LogP contribution is -2.47. The number of rotatable bonds is 6. The summed E-state index contributed by atoms with van der Waals surface area (Å²) in [4.78, 5) is 5.36. The highest BCUT2D eigenvalue weighted by Crippen LogP contribution is 2.53. The Morgan fingerprint density at radius 1 is 0.966 bits per heavy atom. The Labute approximate surface area is 178 Å². The molecular formula is C26H42N2O. The molecular weight excluding hydrogens is 356 g/mol. The van der Waals surface area contributed by atoms with Gasteiger partial charge in [0.05, 0.1) is 6.61 Å². The molecule has 0 aromatic heterocycles. The lowest BCUT2D eigenvalue weighted by molar-refractivity contribution is 0.0968. The van der Waals surface area contributed by atoms with Crippen LogP contribution in [0.15, 0.2) is 18.2 Å². The highest BCUT2D eigenvalue weighted by atomic mass is 16.5. The Kier molecular flexibility index (Phi) is 6.01. The van der Waals surface area contributed by atoms with Gasteiger partial charge in [-0.25, -0.2) is 0 Å². The summed E-state index contributed by atoms with van der Waals surface area (Å²) in [5.41, 5.74) is 5.21. The molecule has 162 valence electrons. The van der Waals surface area contributed by atoms with Crippen LogP contribution in [0.1, 0.15) is 76.8 Å². The lowest BCUT2D eigenvalue weighted by Gasteiger charge is -2.46. The third kappa shape index (κ3) is 5.35. The van der Waals surface area contributed by atoms with Gasteiger partial charge in [-0.15, -0.1) is 0 Å². The van der Waals surface area contributed by atoms with E-state index >= 15 is 0 Å². The van der Waals surface area contributed by atoms with Crippen LogP contribution in [0, 0.1) is 16.7 Å². The molecule has 0 unspecified atom stereocenters. The van der Waals surface area contributed by atoms with Gasteiger partial charge in [0.25, 0.3) is 0 Å². The van der Waals surface area contributed by atoms with Gasteiger partial charge in [0.1, 0.15) is 0 Å². The van der Waals surface area contributed by atoms with Gasteiger partial charge in [0.2, 0.25) is 0 Å². The molecule has 0 bridgehead atoms. The minimum atomic E-state index is 0.407. The lowest BCUT2D eigenvalue weighted by atomic mass is 9.60. The number of piperazine rings is 1. The van der Waals surface area contributed by atoms with Crippen LogP contribution in [0.2, 0.25) is 0 Å².